The van der Waals surface area contributed by atoms with E-state index in [2.05, 4.69) is 36.1 Å². The Morgan fingerprint density at radius 1 is 1.05 bits per heavy atom. The van der Waals surface area contributed by atoms with Gasteiger partial charge in [-0.05, 0) is 49.5 Å². The molecule has 3 nitrogen and oxygen atoms in total. The summed E-state index contributed by atoms with van der Waals surface area (Å²) in [6.45, 7) is 6.38. The molecule has 0 saturated heterocycles. The molecule has 5 heteroatoms. The zero-order valence-electron chi connectivity index (χ0n) is 13.0. The summed E-state index contributed by atoms with van der Waals surface area (Å²) in [6.07, 6.45) is 0. The molecule has 114 valence electrons. The van der Waals surface area contributed by atoms with Gasteiger partial charge >= 0.3 is 0 Å². The monoisotopic (exact) mass is 314 g/mol. The molecule has 0 saturated carbocycles. The SMILES string of the molecule is CCN(Bc1ccc(NC(=O)c2ccc(Cl)cc2)cc1)CC. The van der Waals surface area contributed by atoms with Crippen molar-refractivity contribution in [3.8, 4) is 0 Å². The van der Waals surface area contributed by atoms with Gasteiger partial charge in [-0.1, -0.05) is 43.0 Å². The number of nitrogens with one attached hydrogen (secondary N) is 1. The third kappa shape index (κ3) is 4.62. The number of hydrogen-bond donors (Lipinski definition) is 1. The Kier molecular flexibility index (Phi) is 6.05. The molecule has 22 heavy (non-hydrogen) atoms. The van der Waals surface area contributed by atoms with E-state index in [1.165, 1.54) is 5.46 Å². The van der Waals surface area contributed by atoms with Gasteiger partial charge in [-0.25, -0.2) is 0 Å². The van der Waals surface area contributed by atoms with Crippen molar-refractivity contribution in [2.75, 3.05) is 18.4 Å². The maximum atomic E-state index is 12.1. The molecule has 0 spiro atoms. The second-order valence-electron chi connectivity index (χ2n) is 5.12. The summed E-state index contributed by atoms with van der Waals surface area (Å²) in [6, 6.07) is 14.8. The lowest BCUT2D eigenvalue weighted by molar-refractivity contribution is 0.102. The van der Waals surface area contributed by atoms with Gasteiger partial charge in [0.15, 0.2) is 0 Å². The van der Waals surface area contributed by atoms with Gasteiger partial charge in [-0.15, -0.1) is 0 Å². The lowest BCUT2D eigenvalue weighted by atomic mass is 9.80. The summed E-state index contributed by atoms with van der Waals surface area (Å²) in [5.74, 6) is -0.131. The molecule has 0 aliphatic heterocycles. The van der Waals surface area contributed by atoms with Crippen LogP contribution in [0, 0.1) is 0 Å². The lowest BCUT2D eigenvalue weighted by Crippen LogP contribution is -2.35. The first-order chi connectivity index (χ1) is 10.6. The summed E-state index contributed by atoms with van der Waals surface area (Å²) < 4.78 is 0. The van der Waals surface area contributed by atoms with Crippen molar-refractivity contribution in [1.29, 1.82) is 0 Å². The van der Waals surface area contributed by atoms with E-state index < -0.39 is 0 Å². The summed E-state index contributed by atoms with van der Waals surface area (Å²) >= 11 is 5.82. The first-order valence-corrected chi connectivity index (χ1v) is 7.88. The zero-order chi connectivity index (χ0) is 15.9. The molecule has 2 aromatic rings. The number of amides is 1. The Labute approximate surface area is 137 Å². The first-order valence-electron chi connectivity index (χ1n) is 7.50. The standard InChI is InChI=1S/C17H20BClN2O/c1-3-21(4-2)18-14-7-11-16(12-8-14)20-17(22)13-5-9-15(19)10-6-13/h5-12,18H,3-4H2,1-2H3,(H,20,22). The number of halogens is 1. The summed E-state index contributed by atoms with van der Waals surface area (Å²) in [5.41, 5.74) is 2.63. The quantitative estimate of drug-likeness (QED) is 0.832. The van der Waals surface area contributed by atoms with Gasteiger partial charge < -0.3 is 10.1 Å². The minimum atomic E-state index is -0.131. The van der Waals surface area contributed by atoms with E-state index in [4.69, 9.17) is 11.6 Å². The number of carbonyl (C=O) groups excluding carboxylic acids is 1. The Hall–Kier alpha value is -1.78. The van der Waals surface area contributed by atoms with E-state index in [-0.39, 0.29) is 5.91 Å². The molecule has 2 aromatic carbocycles. The van der Waals surface area contributed by atoms with Crippen LogP contribution in [0.4, 0.5) is 5.69 Å². The van der Waals surface area contributed by atoms with Crippen molar-refractivity contribution in [2.24, 2.45) is 0 Å². The highest BCUT2D eigenvalue weighted by Crippen LogP contribution is 2.12. The molecule has 0 bridgehead atoms. The highest BCUT2D eigenvalue weighted by atomic mass is 35.5. The average molecular weight is 315 g/mol. The van der Waals surface area contributed by atoms with Gasteiger partial charge in [0, 0.05) is 16.3 Å². The maximum Gasteiger partial charge on any atom is 0.255 e. The molecule has 0 heterocycles. The van der Waals surface area contributed by atoms with Gasteiger partial charge in [-0.3, -0.25) is 4.79 Å². The second kappa shape index (κ2) is 8.02. The molecular formula is C17H20BClN2O. The molecule has 0 aliphatic carbocycles. The van der Waals surface area contributed by atoms with Gasteiger partial charge in [0.2, 0.25) is 7.41 Å². The molecule has 0 radical (unpaired) electrons. The molecule has 0 atom stereocenters. The minimum absolute atomic E-state index is 0.131. The molecule has 2 rings (SSSR count). The highest BCUT2D eigenvalue weighted by molar-refractivity contribution is 6.50. The Bertz CT molecular complexity index is 610. The van der Waals surface area contributed by atoms with Crippen molar-refractivity contribution in [2.45, 2.75) is 13.8 Å². The topological polar surface area (TPSA) is 32.3 Å². The average Bonchev–Trinajstić information content (AvgIpc) is 2.54. The summed E-state index contributed by atoms with van der Waals surface area (Å²) in [4.78, 5) is 14.5. The summed E-state index contributed by atoms with van der Waals surface area (Å²) in [5, 5.41) is 3.51. The second-order valence-corrected chi connectivity index (χ2v) is 5.56. The van der Waals surface area contributed by atoms with Gasteiger partial charge in [-0.2, -0.15) is 0 Å². The Balaban J connectivity index is 1.98. The molecule has 0 unspecified atom stereocenters. The van der Waals surface area contributed by atoms with Gasteiger partial charge in [0.05, 0.1) is 0 Å². The maximum absolute atomic E-state index is 12.1. The molecule has 0 fully saturated rings. The smallest absolute Gasteiger partial charge is 0.255 e. The summed E-state index contributed by atoms with van der Waals surface area (Å²) in [7, 11) is 0.929. The van der Waals surface area contributed by atoms with E-state index in [1.54, 1.807) is 24.3 Å². The number of nitrogens with zero attached hydrogens (tertiary/aromatic N) is 1. The minimum Gasteiger partial charge on any atom is -0.341 e. The zero-order valence-corrected chi connectivity index (χ0v) is 13.7. The number of hydrogen-bond acceptors (Lipinski definition) is 2. The lowest BCUT2D eigenvalue weighted by Gasteiger charge is -2.16. The van der Waals surface area contributed by atoms with E-state index in [9.17, 15) is 4.79 Å². The van der Waals surface area contributed by atoms with Crippen LogP contribution in [0.1, 0.15) is 24.2 Å². The van der Waals surface area contributed by atoms with Crippen molar-refractivity contribution >= 4 is 36.1 Å². The van der Waals surface area contributed by atoms with Crippen LogP contribution in [0.25, 0.3) is 0 Å². The fraction of sp³-hybridized carbons (Fsp3) is 0.235. The van der Waals surface area contributed by atoms with Crippen LogP contribution < -0.4 is 10.8 Å². The van der Waals surface area contributed by atoms with E-state index in [1.807, 2.05) is 12.1 Å². The predicted molar refractivity (Wildman–Crippen MR) is 95.6 cm³/mol. The number of rotatable bonds is 6. The fourth-order valence-corrected chi connectivity index (χ4v) is 2.33. The van der Waals surface area contributed by atoms with Crippen LogP contribution >= 0.6 is 11.6 Å². The third-order valence-corrected chi connectivity index (χ3v) is 3.87. The molecule has 1 amide bonds. The number of anilines is 1. The van der Waals surface area contributed by atoms with Crippen LogP contribution in [-0.2, 0) is 0 Å². The Morgan fingerprint density at radius 2 is 1.64 bits per heavy atom. The van der Waals surface area contributed by atoms with Crippen molar-refractivity contribution < 1.29 is 4.79 Å². The van der Waals surface area contributed by atoms with E-state index >= 15 is 0 Å². The van der Waals surface area contributed by atoms with Crippen LogP contribution in [0.5, 0.6) is 0 Å². The van der Waals surface area contributed by atoms with Crippen LogP contribution in [0.15, 0.2) is 48.5 Å². The van der Waals surface area contributed by atoms with Crippen LogP contribution in [-0.4, -0.2) is 31.2 Å². The van der Waals surface area contributed by atoms with Crippen molar-refractivity contribution in [1.82, 2.24) is 4.81 Å². The highest BCUT2D eigenvalue weighted by Gasteiger charge is 2.07. The van der Waals surface area contributed by atoms with Crippen molar-refractivity contribution in [3.63, 3.8) is 0 Å². The van der Waals surface area contributed by atoms with Gasteiger partial charge in [0.1, 0.15) is 0 Å². The molecule has 0 aromatic heterocycles. The first kappa shape index (κ1) is 16.6. The number of carbonyl (C=O) groups is 1. The largest absolute Gasteiger partial charge is 0.341 e. The Morgan fingerprint density at radius 3 is 2.18 bits per heavy atom. The molecule has 0 aliphatic rings. The number of benzene rings is 2. The van der Waals surface area contributed by atoms with Crippen LogP contribution in [0.3, 0.4) is 0 Å². The van der Waals surface area contributed by atoms with E-state index in [0.717, 1.165) is 26.2 Å². The van der Waals surface area contributed by atoms with E-state index in [0.29, 0.717) is 10.6 Å². The van der Waals surface area contributed by atoms with Crippen LogP contribution in [0.2, 0.25) is 5.02 Å². The molecular weight excluding hydrogens is 294 g/mol. The predicted octanol–water partition coefficient (Wildman–Crippen LogP) is 2.91. The molecule has 1 N–H and O–H groups in total. The third-order valence-electron chi connectivity index (χ3n) is 3.62. The fourth-order valence-electron chi connectivity index (χ4n) is 2.20. The van der Waals surface area contributed by atoms with Gasteiger partial charge in [0.25, 0.3) is 5.91 Å². The van der Waals surface area contributed by atoms with Crippen molar-refractivity contribution in [3.05, 3.63) is 59.1 Å². The normalized spacial score (nSPS) is 10.5.